The van der Waals surface area contributed by atoms with Gasteiger partial charge >= 0.3 is 0 Å². The molecule has 1 amide bonds. The highest BCUT2D eigenvalue weighted by molar-refractivity contribution is 7.90. The Balaban J connectivity index is 2.36. The lowest BCUT2D eigenvalue weighted by atomic mass is 10.2. The number of rotatable bonds is 5. The van der Waals surface area contributed by atoms with E-state index in [1.807, 2.05) is 0 Å². The number of carbonyl (C=O) groups is 1. The Morgan fingerprint density at radius 1 is 1.04 bits per heavy atom. The van der Waals surface area contributed by atoms with Crippen molar-refractivity contribution in [2.45, 2.75) is 4.90 Å². The van der Waals surface area contributed by atoms with E-state index in [9.17, 15) is 13.2 Å². The van der Waals surface area contributed by atoms with E-state index in [4.69, 9.17) is 21.1 Å². The predicted molar refractivity (Wildman–Crippen MR) is 92.1 cm³/mol. The molecular formula is C16H16ClNO5S. The van der Waals surface area contributed by atoms with Crippen molar-refractivity contribution in [2.24, 2.45) is 0 Å². The largest absolute Gasteiger partial charge is 0.497 e. The lowest BCUT2D eigenvalue weighted by molar-refractivity contribution is 0.102. The maximum absolute atomic E-state index is 12.4. The highest BCUT2D eigenvalue weighted by Gasteiger charge is 2.15. The van der Waals surface area contributed by atoms with E-state index in [-0.39, 0.29) is 21.2 Å². The third-order valence-corrected chi connectivity index (χ3v) is 4.67. The second kappa shape index (κ2) is 7.11. The van der Waals surface area contributed by atoms with Crippen LogP contribution in [0.15, 0.2) is 41.3 Å². The quantitative estimate of drug-likeness (QED) is 0.876. The Morgan fingerprint density at radius 2 is 1.62 bits per heavy atom. The van der Waals surface area contributed by atoms with Crippen LogP contribution in [0.25, 0.3) is 0 Å². The molecule has 0 saturated carbocycles. The summed E-state index contributed by atoms with van der Waals surface area (Å²) in [6, 6.07) is 8.81. The molecule has 2 aromatic rings. The van der Waals surface area contributed by atoms with Gasteiger partial charge in [0.2, 0.25) is 0 Å². The maximum atomic E-state index is 12.4. The standard InChI is InChI=1S/C16H16ClNO5S/c1-22-11-6-10(7-12(8-11)23-2)16(19)18-15-9-13(24(3,20)21)4-5-14(15)17/h4-9H,1-3H3,(H,18,19). The predicted octanol–water partition coefficient (Wildman–Crippen LogP) is 3.01. The van der Waals surface area contributed by atoms with Crippen molar-refractivity contribution in [3.8, 4) is 11.5 Å². The first-order valence-electron chi connectivity index (χ1n) is 6.78. The van der Waals surface area contributed by atoms with Gasteiger partial charge in [-0.15, -0.1) is 0 Å². The van der Waals surface area contributed by atoms with Crippen LogP contribution in [0, 0.1) is 0 Å². The van der Waals surface area contributed by atoms with Crippen molar-refractivity contribution in [3.63, 3.8) is 0 Å². The van der Waals surface area contributed by atoms with Crippen LogP contribution in [-0.2, 0) is 9.84 Å². The van der Waals surface area contributed by atoms with E-state index < -0.39 is 15.7 Å². The van der Waals surface area contributed by atoms with Crippen molar-refractivity contribution < 1.29 is 22.7 Å². The maximum Gasteiger partial charge on any atom is 0.255 e. The summed E-state index contributed by atoms with van der Waals surface area (Å²) >= 11 is 6.04. The summed E-state index contributed by atoms with van der Waals surface area (Å²) in [5.41, 5.74) is 0.485. The van der Waals surface area contributed by atoms with Crippen LogP contribution in [-0.4, -0.2) is 34.8 Å². The normalized spacial score (nSPS) is 11.0. The summed E-state index contributed by atoms with van der Waals surface area (Å²) in [6.45, 7) is 0. The van der Waals surface area contributed by atoms with Crippen LogP contribution < -0.4 is 14.8 Å². The third-order valence-electron chi connectivity index (χ3n) is 3.23. The topological polar surface area (TPSA) is 81.7 Å². The number of amides is 1. The van der Waals surface area contributed by atoms with Gasteiger partial charge in [-0.3, -0.25) is 4.79 Å². The van der Waals surface area contributed by atoms with Gasteiger partial charge in [-0.25, -0.2) is 8.42 Å². The number of hydrogen-bond acceptors (Lipinski definition) is 5. The molecule has 0 aliphatic heterocycles. The minimum Gasteiger partial charge on any atom is -0.497 e. The number of ether oxygens (including phenoxy) is 2. The van der Waals surface area contributed by atoms with Gasteiger partial charge in [0.05, 0.1) is 29.8 Å². The summed E-state index contributed by atoms with van der Waals surface area (Å²) in [5, 5.41) is 2.82. The van der Waals surface area contributed by atoms with E-state index in [1.165, 1.54) is 44.6 Å². The van der Waals surface area contributed by atoms with Crippen molar-refractivity contribution in [2.75, 3.05) is 25.8 Å². The number of carbonyl (C=O) groups excluding carboxylic acids is 1. The molecule has 1 N–H and O–H groups in total. The minimum absolute atomic E-state index is 0.0606. The Morgan fingerprint density at radius 3 is 2.12 bits per heavy atom. The molecule has 24 heavy (non-hydrogen) atoms. The fourth-order valence-electron chi connectivity index (χ4n) is 1.96. The molecule has 0 bridgehead atoms. The summed E-state index contributed by atoms with van der Waals surface area (Å²) in [6.07, 6.45) is 1.08. The molecule has 0 saturated heterocycles. The van der Waals surface area contributed by atoms with Crippen LogP contribution in [0.2, 0.25) is 5.02 Å². The van der Waals surface area contributed by atoms with Gasteiger partial charge in [0.25, 0.3) is 5.91 Å². The zero-order valence-electron chi connectivity index (χ0n) is 13.3. The Bertz CT molecular complexity index is 858. The van der Waals surface area contributed by atoms with E-state index in [0.29, 0.717) is 11.5 Å². The van der Waals surface area contributed by atoms with Crippen LogP contribution in [0.3, 0.4) is 0 Å². The number of benzene rings is 2. The number of anilines is 1. The van der Waals surface area contributed by atoms with Crippen molar-refractivity contribution in [3.05, 3.63) is 47.0 Å². The second-order valence-electron chi connectivity index (χ2n) is 4.97. The molecule has 128 valence electrons. The first-order chi connectivity index (χ1) is 11.2. The number of halogens is 1. The monoisotopic (exact) mass is 369 g/mol. The van der Waals surface area contributed by atoms with E-state index in [1.54, 1.807) is 6.07 Å². The van der Waals surface area contributed by atoms with E-state index in [0.717, 1.165) is 6.26 Å². The number of methoxy groups -OCH3 is 2. The SMILES string of the molecule is COc1cc(OC)cc(C(=O)Nc2cc(S(C)(=O)=O)ccc2Cl)c1. The van der Waals surface area contributed by atoms with Gasteiger partial charge in [0.1, 0.15) is 11.5 Å². The van der Waals surface area contributed by atoms with Crippen LogP contribution in [0.5, 0.6) is 11.5 Å². The molecule has 0 atom stereocenters. The lowest BCUT2D eigenvalue weighted by Gasteiger charge is -2.11. The fraction of sp³-hybridized carbons (Fsp3) is 0.188. The zero-order chi connectivity index (χ0) is 17.9. The first-order valence-corrected chi connectivity index (χ1v) is 9.05. The second-order valence-corrected chi connectivity index (χ2v) is 7.39. The molecule has 0 unspecified atom stereocenters. The van der Waals surface area contributed by atoms with Gasteiger partial charge in [0.15, 0.2) is 9.84 Å². The molecule has 0 aromatic heterocycles. The van der Waals surface area contributed by atoms with Gasteiger partial charge in [-0.05, 0) is 30.3 Å². The molecule has 0 aliphatic carbocycles. The van der Waals surface area contributed by atoms with Crippen LogP contribution >= 0.6 is 11.6 Å². The molecule has 0 fully saturated rings. The minimum atomic E-state index is -3.41. The molecule has 6 nitrogen and oxygen atoms in total. The molecule has 0 radical (unpaired) electrons. The number of hydrogen-bond donors (Lipinski definition) is 1. The van der Waals surface area contributed by atoms with Crippen molar-refractivity contribution in [1.82, 2.24) is 0 Å². The molecule has 0 aliphatic rings. The van der Waals surface area contributed by atoms with Gasteiger partial charge < -0.3 is 14.8 Å². The molecule has 8 heteroatoms. The summed E-state index contributed by atoms with van der Waals surface area (Å²) in [4.78, 5) is 12.5. The summed E-state index contributed by atoms with van der Waals surface area (Å²) in [7, 11) is -0.464. The molecule has 2 rings (SSSR count). The fourth-order valence-corrected chi connectivity index (χ4v) is 2.78. The highest BCUT2D eigenvalue weighted by atomic mass is 35.5. The highest BCUT2D eigenvalue weighted by Crippen LogP contribution is 2.27. The molecule has 0 spiro atoms. The molecular weight excluding hydrogens is 354 g/mol. The average Bonchev–Trinajstić information content (AvgIpc) is 2.55. The molecule has 2 aromatic carbocycles. The average molecular weight is 370 g/mol. The van der Waals surface area contributed by atoms with Crippen LogP contribution in [0.4, 0.5) is 5.69 Å². The van der Waals surface area contributed by atoms with Gasteiger partial charge in [0, 0.05) is 17.9 Å². The third kappa shape index (κ3) is 4.18. The van der Waals surface area contributed by atoms with Crippen molar-refractivity contribution in [1.29, 1.82) is 0 Å². The number of nitrogens with one attached hydrogen (secondary N) is 1. The Labute approximate surface area is 145 Å². The summed E-state index contributed by atoms with van der Waals surface area (Å²) in [5.74, 6) is 0.436. The summed E-state index contributed by atoms with van der Waals surface area (Å²) < 4.78 is 33.5. The smallest absolute Gasteiger partial charge is 0.255 e. The zero-order valence-corrected chi connectivity index (χ0v) is 14.9. The lowest BCUT2D eigenvalue weighted by Crippen LogP contribution is -2.13. The van der Waals surface area contributed by atoms with Crippen LogP contribution in [0.1, 0.15) is 10.4 Å². The first kappa shape index (κ1) is 18.1. The number of sulfone groups is 1. The van der Waals surface area contributed by atoms with Gasteiger partial charge in [-0.2, -0.15) is 0 Å². The Kier molecular flexibility index (Phi) is 5.36. The Hall–Kier alpha value is -2.25. The van der Waals surface area contributed by atoms with Gasteiger partial charge in [-0.1, -0.05) is 11.6 Å². The molecule has 0 heterocycles. The van der Waals surface area contributed by atoms with E-state index >= 15 is 0 Å². The van der Waals surface area contributed by atoms with E-state index in [2.05, 4.69) is 5.32 Å². The van der Waals surface area contributed by atoms with Crippen molar-refractivity contribution >= 4 is 33.0 Å².